The molecule has 14 heavy (non-hydrogen) atoms. The predicted octanol–water partition coefficient (Wildman–Crippen LogP) is 3.13. The lowest BCUT2D eigenvalue weighted by atomic mass is 9.75. The summed E-state index contributed by atoms with van der Waals surface area (Å²) in [6.45, 7) is 7.00. The fourth-order valence-corrected chi connectivity index (χ4v) is 1.88. The minimum absolute atomic E-state index is 0.0442. The molecule has 1 aromatic carbocycles. The Bertz CT molecular complexity index is 359. The second-order valence-corrected chi connectivity index (χ2v) is 4.48. The van der Waals surface area contributed by atoms with Crippen molar-refractivity contribution < 1.29 is 9.13 Å². The predicted molar refractivity (Wildman–Crippen MR) is 54.1 cm³/mol. The Balaban J connectivity index is 2.55. The number of para-hydroxylation sites is 1. The minimum Gasteiger partial charge on any atom is -0.489 e. The fourth-order valence-electron chi connectivity index (χ4n) is 1.88. The molecular formula is C12H15FO. The maximum Gasteiger partial charge on any atom is 0.165 e. The lowest BCUT2D eigenvalue weighted by Crippen LogP contribution is -2.30. The molecule has 2 rings (SSSR count). The summed E-state index contributed by atoms with van der Waals surface area (Å²) in [5.74, 6) is 0.654. The average molecular weight is 194 g/mol. The van der Waals surface area contributed by atoms with Gasteiger partial charge >= 0.3 is 0 Å². The minimum atomic E-state index is -0.244. The van der Waals surface area contributed by atoms with Crippen molar-refractivity contribution in [3.63, 3.8) is 0 Å². The van der Waals surface area contributed by atoms with Crippen molar-refractivity contribution in [1.29, 1.82) is 0 Å². The monoisotopic (exact) mass is 194 g/mol. The first-order valence-corrected chi connectivity index (χ1v) is 4.97. The number of ether oxygens (including phenoxy) is 1. The highest BCUT2D eigenvalue weighted by atomic mass is 19.1. The van der Waals surface area contributed by atoms with Crippen molar-refractivity contribution in [1.82, 2.24) is 0 Å². The van der Waals surface area contributed by atoms with Crippen LogP contribution in [0.25, 0.3) is 0 Å². The molecule has 2 heteroatoms. The molecular weight excluding hydrogens is 179 g/mol. The Morgan fingerprint density at radius 3 is 2.79 bits per heavy atom. The van der Waals surface area contributed by atoms with Crippen LogP contribution in [-0.2, 0) is 5.41 Å². The summed E-state index contributed by atoms with van der Waals surface area (Å²) in [7, 11) is 0. The molecule has 0 aliphatic carbocycles. The molecule has 0 amide bonds. The van der Waals surface area contributed by atoms with Gasteiger partial charge in [-0.2, -0.15) is 0 Å². The highest BCUT2D eigenvalue weighted by molar-refractivity contribution is 5.44. The van der Waals surface area contributed by atoms with Crippen molar-refractivity contribution >= 4 is 0 Å². The molecule has 76 valence electrons. The molecule has 1 aliphatic rings. The van der Waals surface area contributed by atoms with Crippen LogP contribution in [0, 0.1) is 11.7 Å². The number of benzene rings is 1. The summed E-state index contributed by atoms with van der Waals surface area (Å²) in [5, 5.41) is 0. The molecule has 0 bridgehead atoms. The van der Waals surface area contributed by atoms with Crippen molar-refractivity contribution in [3.05, 3.63) is 29.6 Å². The van der Waals surface area contributed by atoms with Crippen molar-refractivity contribution in [3.8, 4) is 5.75 Å². The third-order valence-corrected chi connectivity index (χ3v) is 3.37. The molecule has 0 saturated heterocycles. The second kappa shape index (κ2) is 2.97. The van der Waals surface area contributed by atoms with Gasteiger partial charge in [-0.1, -0.05) is 32.9 Å². The van der Waals surface area contributed by atoms with Crippen LogP contribution in [0.4, 0.5) is 4.39 Å². The van der Waals surface area contributed by atoms with Gasteiger partial charge in [0.05, 0.1) is 6.61 Å². The van der Waals surface area contributed by atoms with Crippen LogP contribution >= 0.6 is 0 Å². The number of hydrogen-bond acceptors (Lipinski definition) is 1. The maximum absolute atomic E-state index is 13.4. The van der Waals surface area contributed by atoms with Crippen LogP contribution in [-0.4, -0.2) is 6.61 Å². The quantitative estimate of drug-likeness (QED) is 0.667. The normalized spacial score (nSPS) is 24.9. The fraction of sp³-hybridized carbons (Fsp3) is 0.500. The van der Waals surface area contributed by atoms with Crippen molar-refractivity contribution in [2.45, 2.75) is 26.2 Å². The Labute approximate surface area is 83.9 Å². The second-order valence-electron chi connectivity index (χ2n) is 4.48. The van der Waals surface area contributed by atoms with Crippen LogP contribution in [0.3, 0.4) is 0 Å². The van der Waals surface area contributed by atoms with Crippen molar-refractivity contribution in [2.75, 3.05) is 6.61 Å². The number of rotatable bonds is 1. The zero-order valence-electron chi connectivity index (χ0n) is 8.80. The standard InChI is InChI=1S/C12H15FO/c1-8(2)12(3)7-14-11-9(12)5-4-6-10(11)13/h4-6,8H,7H2,1-3H3. The van der Waals surface area contributed by atoms with Gasteiger partial charge in [0.15, 0.2) is 11.6 Å². The molecule has 1 atom stereocenters. The summed E-state index contributed by atoms with van der Waals surface area (Å²) in [6, 6.07) is 5.17. The topological polar surface area (TPSA) is 9.23 Å². The van der Waals surface area contributed by atoms with E-state index in [0.29, 0.717) is 18.3 Å². The first-order valence-electron chi connectivity index (χ1n) is 4.97. The molecule has 1 aromatic rings. The molecule has 0 N–H and O–H groups in total. The highest BCUT2D eigenvalue weighted by Crippen LogP contribution is 2.44. The molecule has 0 saturated carbocycles. The number of hydrogen-bond donors (Lipinski definition) is 0. The molecule has 1 unspecified atom stereocenters. The molecule has 0 radical (unpaired) electrons. The van der Waals surface area contributed by atoms with E-state index in [2.05, 4.69) is 20.8 Å². The summed E-state index contributed by atoms with van der Waals surface area (Å²) in [4.78, 5) is 0. The number of fused-ring (bicyclic) bond motifs is 1. The SMILES string of the molecule is CC(C)C1(C)COc2c(F)cccc21. The van der Waals surface area contributed by atoms with E-state index in [1.54, 1.807) is 6.07 Å². The van der Waals surface area contributed by atoms with Crippen molar-refractivity contribution in [2.24, 2.45) is 5.92 Å². The highest BCUT2D eigenvalue weighted by Gasteiger charge is 2.40. The van der Waals surface area contributed by atoms with E-state index in [9.17, 15) is 4.39 Å². The van der Waals surface area contributed by atoms with Crippen LogP contribution < -0.4 is 4.74 Å². The van der Waals surface area contributed by atoms with E-state index < -0.39 is 0 Å². The van der Waals surface area contributed by atoms with Gasteiger partial charge < -0.3 is 4.74 Å². The van der Waals surface area contributed by atoms with Gasteiger partial charge in [-0.25, -0.2) is 4.39 Å². The van der Waals surface area contributed by atoms with E-state index in [-0.39, 0.29) is 11.2 Å². The van der Waals surface area contributed by atoms with Crippen LogP contribution in [0.2, 0.25) is 0 Å². The zero-order chi connectivity index (χ0) is 10.3. The van der Waals surface area contributed by atoms with Gasteiger partial charge in [0, 0.05) is 11.0 Å². The smallest absolute Gasteiger partial charge is 0.165 e. The first-order chi connectivity index (χ1) is 6.55. The molecule has 0 spiro atoms. The maximum atomic E-state index is 13.4. The van der Waals surface area contributed by atoms with E-state index in [4.69, 9.17) is 4.74 Å². The van der Waals surface area contributed by atoms with Gasteiger partial charge in [-0.05, 0) is 12.0 Å². The third kappa shape index (κ3) is 1.13. The van der Waals surface area contributed by atoms with Gasteiger partial charge in [0.1, 0.15) is 0 Å². The summed E-state index contributed by atoms with van der Waals surface area (Å²) in [6.07, 6.45) is 0. The van der Waals surface area contributed by atoms with Crippen LogP contribution in [0.1, 0.15) is 26.3 Å². The van der Waals surface area contributed by atoms with Crippen LogP contribution in [0.5, 0.6) is 5.75 Å². The Morgan fingerprint density at radius 2 is 2.14 bits per heavy atom. The summed E-state index contributed by atoms with van der Waals surface area (Å²) >= 11 is 0. The van der Waals surface area contributed by atoms with Crippen LogP contribution in [0.15, 0.2) is 18.2 Å². The molecule has 1 heterocycles. The first kappa shape index (κ1) is 9.50. The van der Waals surface area contributed by atoms with E-state index in [1.807, 2.05) is 6.07 Å². The summed E-state index contributed by atoms with van der Waals surface area (Å²) < 4.78 is 18.8. The lowest BCUT2D eigenvalue weighted by molar-refractivity contribution is 0.227. The van der Waals surface area contributed by atoms with E-state index >= 15 is 0 Å². The van der Waals surface area contributed by atoms with Gasteiger partial charge in [-0.3, -0.25) is 0 Å². The lowest BCUT2D eigenvalue weighted by Gasteiger charge is -2.27. The molecule has 0 aromatic heterocycles. The van der Waals surface area contributed by atoms with Gasteiger partial charge in [0.25, 0.3) is 0 Å². The Morgan fingerprint density at radius 1 is 1.43 bits per heavy atom. The van der Waals surface area contributed by atoms with E-state index in [1.165, 1.54) is 6.07 Å². The van der Waals surface area contributed by atoms with E-state index in [0.717, 1.165) is 5.56 Å². The number of halogens is 1. The third-order valence-electron chi connectivity index (χ3n) is 3.37. The van der Waals surface area contributed by atoms with Gasteiger partial charge in [0.2, 0.25) is 0 Å². The Kier molecular flexibility index (Phi) is 2.02. The summed E-state index contributed by atoms with van der Waals surface area (Å²) in [5.41, 5.74) is 0.963. The molecule has 0 fully saturated rings. The largest absolute Gasteiger partial charge is 0.489 e. The molecule has 1 aliphatic heterocycles. The van der Waals surface area contributed by atoms with Gasteiger partial charge in [-0.15, -0.1) is 0 Å². The average Bonchev–Trinajstić information content (AvgIpc) is 2.47. The molecule has 1 nitrogen and oxygen atoms in total. The zero-order valence-corrected chi connectivity index (χ0v) is 8.80. The Hall–Kier alpha value is -1.05.